The normalized spacial score (nSPS) is 20.7. The third-order valence-electron chi connectivity index (χ3n) is 5.48. The molecule has 2 fully saturated rings. The summed E-state index contributed by atoms with van der Waals surface area (Å²) in [5.74, 6) is -0.244. The quantitative estimate of drug-likeness (QED) is 0.749. The van der Waals surface area contributed by atoms with Crippen molar-refractivity contribution in [1.82, 2.24) is 20.1 Å². The fraction of sp³-hybridized carbons (Fsp3) is 0.545. The van der Waals surface area contributed by atoms with Gasteiger partial charge in [-0.2, -0.15) is 0 Å². The van der Waals surface area contributed by atoms with Gasteiger partial charge >= 0.3 is 6.09 Å². The zero-order valence-corrected chi connectivity index (χ0v) is 18.1. The summed E-state index contributed by atoms with van der Waals surface area (Å²) in [7, 11) is 0. The maximum absolute atomic E-state index is 12.2. The fourth-order valence-electron chi connectivity index (χ4n) is 3.89. The highest BCUT2D eigenvalue weighted by Crippen LogP contribution is 2.28. The van der Waals surface area contributed by atoms with Crippen LogP contribution >= 0.6 is 0 Å². The molecule has 3 amide bonds. The third kappa shape index (κ3) is 5.04. The molecule has 166 valence electrons. The van der Waals surface area contributed by atoms with Gasteiger partial charge < -0.3 is 14.1 Å². The van der Waals surface area contributed by atoms with E-state index in [0.29, 0.717) is 57.0 Å². The largest absolute Gasteiger partial charge is 0.444 e. The zero-order chi connectivity index (χ0) is 22.2. The number of ether oxygens (including phenoxy) is 1. The summed E-state index contributed by atoms with van der Waals surface area (Å²) in [6, 6.07) is 5.56. The lowest BCUT2D eigenvalue weighted by atomic mass is 9.90. The smallest absolute Gasteiger partial charge is 0.410 e. The van der Waals surface area contributed by atoms with Crippen molar-refractivity contribution >= 4 is 29.0 Å². The molecule has 1 atom stereocenters. The highest BCUT2D eigenvalue weighted by molar-refractivity contribution is 6.01. The van der Waals surface area contributed by atoms with Gasteiger partial charge in [0.15, 0.2) is 5.58 Å². The average Bonchev–Trinajstić information content (AvgIpc) is 3.08. The predicted molar refractivity (Wildman–Crippen MR) is 112 cm³/mol. The van der Waals surface area contributed by atoms with Gasteiger partial charge in [-0.25, -0.2) is 9.78 Å². The Kier molecular flexibility index (Phi) is 5.70. The number of piperidine rings is 1. The number of carbonyl (C=O) groups excluding carboxylic acids is 3. The van der Waals surface area contributed by atoms with E-state index < -0.39 is 5.60 Å². The Morgan fingerprint density at radius 3 is 2.65 bits per heavy atom. The second-order valence-electron chi connectivity index (χ2n) is 9.08. The molecular formula is C22H28N4O5. The van der Waals surface area contributed by atoms with Gasteiger partial charge in [0.05, 0.1) is 12.5 Å². The molecule has 31 heavy (non-hydrogen) atoms. The molecule has 0 spiro atoms. The summed E-state index contributed by atoms with van der Waals surface area (Å²) in [5.41, 5.74) is 1.69. The molecule has 1 N–H and O–H groups in total. The lowest BCUT2D eigenvalue weighted by molar-refractivity contribution is -0.134. The molecule has 3 heterocycles. The Morgan fingerprint density at radius 1 is 1.23 bits per heavy atom. The van der Waals surface area contributed by atoms with E-state index in [1.807, 2.05) is 39.0 Å². The minimum absolute atomic E-state index is 0.226. The van der Waals surface area contributed by atoms with E-state index >= 15 is 0 Å². The monoisotopic (exact) mass is 428 g/mol. The first kappa shape index (κ1) is 21.3. The standard InChI is InChI=1S/C22H28N4O5/c1-22(2,3)31-21(29)26-10-8-25(9-11-26)13-19-23-16-6-4-14(12-17(16)30-19)15-5-7-18(27)24-20(15)28/h4,6,12,15H,5,7-11,13H2,1-3H3,(H,24,27,28). The summed E-state index contributed by atoms with van der Waals surface area (Å²) in [5, 5.41) is 2.39. The van der Waals surface area contributed by atoms with Crippen LogP contribution < -0.4 is 5.32 Å². The van der Waals surface area contributed by atoms with Crippen molar-refractivity contribution in [2.24, 2.45) is 0 Å². The number of nitrogens with zero attached hydrogens (tertiary/aromatic N) is 3. The van der Waals surface area contributed by atoms with Crippen molar-refractivity contribution in [2.75, 3.05) is 26.2 Å². The molecule has 2 aliphatic heterocycles. The van der Waals surface area contributed by atoms with Crippen LogP contribution in [0.5, 0.6) is 0 Å². The van der Waals surface area contributed by atoms with E-state index in [1.165, 1.54) is 0 Å². The number of oxazole rings is 1. The van der Waals surface area contributed by atoms with Crippen LogP contribution in [0, 0.1) is 0 Å². The molecule has 0 aliphatic carbocycles. The molecular weight excluding hydrogens is 400 g/mol. The molecule has 2 aliphatic rings. The highest BCUT2D eigenvalue weighted by atomic mass is 16.6. The number of imide groups is 1. The summed E-state index contributed by atoms with van der Waals surface area (Å²) >= 11 is 0. The number of aromatic nitrogens is 1. The lowest BCUT2D eigenvalue weighted by Crippen LogP contribution is -2.49. The van der Waals surface area contributed by atoms with Crippen molar-refractivity contribution in [3.05, 3.63) is 29.7 Å². The van der Waals surface area contributed by atoms with Crippen molar-refractivity contribution in [3.63, 3.8) is 0 Å². The second kappa shape index (κ2) is 8.30. The van der Waals surface area contributed by atoms with Crippen molar-refractivity contribution < 1.29 is 23.5 Å². The molecule has 0 bridgehead atoms. The fourth-order valence-corrected chi connectivity index (χ4v) is 3.89. The number of fused-ring (bicyclic) bond motifs is 1. The number of rotatable bonds is 3. The summed E-state index contributed by atoms with van der Waals surface area (Å²) in [4.78, 5) is 44.2. The van der Waals surface area contributed by atoms with Gasteiger partial charge in [0.2, 0.25) is 17.7 Å². The Morgan fingerprint density at radius 2 is 1.97 bits per heavy atom. The van der Waals surface area contributed by atoms with Crippen molar-refractivity contribution in [1.29, 1.82) is 0 Å². The molecule has 1 unspecified atom stereocenters. The SMILES string of the molecule is CC(C)(C)OC(=O)N1CCN(Cc2nc3ccc(C4CCC(=O)NC4=O)cc3o2)CC1. The van der Waals surface area contributed by atoms with E-state index in [9.17, 15) is 14.4 Å². The molecule has 0 saturated carbocycles. The zero-order valence-electron chi connectivity index (χ0n) is 18.1. The van der Waals surface area contributed by atoms with Crippen LogP contribution in [0.4, 0.5) is 4.79 Å². The first-order chi connectivity index (χ1) is 14.7. The first-order valence-electron chi connectivity index (χ1n) is 10.6. The summed E-state index contributed by atoms with van der Waals surface area (Å²) < 4.78 is 11.4. The molecule has 9 heteroatoms. The third-order valence-corrected chi connectivity index (χ3v) is 5.48. The molecule has 4 rings (SSSR count). The number of nitrogens with one attached hydrogen (secondary N) is 1. The van der Waals surface area contributed by atoms with Gasteiger partial charge in [0, 0.05) is 32.6 Å². The van der Waals surface area contributed by atoms with Crippen LogP contribution in [-0.4, -0.2) is 64.5 Å². The maximum atomic E-state index is 12.2. The minimum atomic E-state index is -0.501. The number of amides is 3. The average molecular weight is 428 g/mol. The Balaban J connectivity index is 1.37. The van der Waals surface area contributed by atoms with Crippen LogP contribution in [0.25, 0.3) is 11.1 Å². The second-order valence-corrected chi connectivity index (χ2v) is 9.08. The van der Waals surface area contributed by atoms with Gasteiger partial charge in [-0.3, -0.25) is 19.8 Å². The molecule has 9 nitrogen and oxygen atoms in total. The first-order valence-corrected chi connectivity index (χ1v) is 10.6. The number of piperazine rings is 1. The molecule has 1 aromatic carbocycles. The van der Waals surface area contributed by atoms with Gasteiger partial charge in [0.1, 0.15) is 11.1 Å². The molecule has 1 aromatic heterocycles. The van der Waals surface area contributed by atoms with Crippen LogP contribution in [0.2, 0.25) is 0 Å². The van der Waals surface area contributed by atoms with E-state index in [2.05, 4.69) is 15.2 Å². The van der Waals surface area contributed by atoms with Crippen LogP contribution in [0.1, 0.15) is 51.0 Å². The Hall–Kier alpha value is -2.94. The van der Waals surface area contributed by atoms with Crippen LogP contribution in [-0.2, 0) is 20.9 Å². The Bertz CT molecular complexity index is 1000. The maximum Gasteiger partial charge on any atom is 0.410 e. The van der Waals surface area contributed by atoms with E-state index in [0.717, 1.165) is 11.1 Å². The number of benzene rings is 1. The molecule has 0 radical (unpaired) electrons. The number of carbonyl (C=O) groups is 3. The molecule has 2 aromatic rings. The van der Waals surface area contributed by atoms with Gasteiger partial charge in [0.25, 0.3) is 0 Å². The minimum Gasteiger partial charge on any atom is -0.444 e. The summed E-state index contributed by atoms with van der Waals surface area (Å²) in [6.45, 7) is 8.73. The number of hydrogen-bond acceptors (Lipinski definition) is 7. The molecule has 2 saturated heterocycles. The van der Waals surface area contributed by atoms with Crippen molar-refractivity contribution in [3.8, 4) is 0 Å². The topological polar surface area (TPSA) is 105 Å². The lowest BCUT2D eigenvalue weighted by Gasteiger charge is -2.35. The van der Waals surface area contributed by atoms with Gasteiger partial charge in [-0.15, -0.1) is 0 Å². The highest BCUT2D eigenvalue weighted by Gasteiger charge is 2.29. The van der Waals surface area contributed by atoms with E-state index in [1.54, 1.807) is 4.90 Å². The van der Waals surface area contributed by atoms with E-state index in [-0.39, 0.29) is 23.8 Å². The van der Waals surface area contributed by atoms with Crippen LogP contribution in [0.3, 0.4) is 0 Å². The van der Waals surface area contributed by atoms with Crippen molar-refractivity contribution in [2.45, 2.75) is 51.7 Å². The summed E-state index contributed by atoms with van der Waals surface area (Å²) in [6.07, 6.45) is 0.555. The Labute approximate surface area is 180 Å². The predicted octanol–water partition coefficient (Wildman–Crippen LogP) is 2.40. The van der Waals surface area contributed by atoms with Gasteiger partial charge in [-0.05, 0) is 44.9 Å². The van der Waals surface area contributed by atoms with Crippen LogP contribution in [0.15, 0.2) is 22.6 Å². The van der Waals surface area contributed by atoms with E-state index in [4.69, 9.17) is 9.15 Å². The number of hydrogen-bond donors (Lipinski definition) is 1. The van der Waals surface area contributed by atoms with Gasteiger partial charge in [-0.1, -0.05) is 6.07 Å².